The fraction of sp³-hybridized carbons (Fsp3) is 0.0154. The fourth-order valence-corrected chi connectivity index (χ4v) is 10.7. The SMILES string of the molecule is c1ccc(-c2ccccc2-c2c(-c3ccccc3)cccc2N(c2cccc(-c3cccc4ccccc34)c2)c2ccc3c(c2)C(c2ccccc2)(c2ccccc2)c2ccccc2-3)cc1. The largest absolute Gasteiger partial charge is 0.310 e. The number of nitrogens with zero attached hydrogens (tertiary/aromatic N) is 1. The number of rotatable bonds is 9. The summed E-state index contributed by atoms with van der Waals surface area (Å²) in [4.78, 5) is 2.52. The molecule has 0 fully saturated rings. The molecule has 310 valence electrons. The van der Waals surface area contributed by atoms with Gasteiger partial charge < -0.3 is 4.90 Å². The quantitative estimate of drug-likeness (QED) is 0.140. The Labute approximate surface area is 387 Å². The van der Waals surface area contributed by atoms with Crippen LogP contribution in [0.3, 0.4) is 0 Å². The molecule has 0 saturated carbocycles. The maximum absolute atomic E-state index is 2.52. The zero-order valence-corrected chi connectivity index (χ0v) is 36.4. The molecule has 0 spiro atoms. The first-order chi connectivity index (χ1) is 32.8. The first kappa shape index (κ1) is 39.1. The highest BCUT2D eigenvalue weighted by atomic mass is 15.1. The maximum atomic E-state index is 2.52. The van der Waals surface area contributed by atoms with Crippen LogP contribution >= 0.6 is 0 Å². The van der Waals surface area contributed by atoms with Crippen molar-refractivity contribution in [1.82, 2.24) is 0 Å². The Bertz CT molecular complexity index is 3480. The molecule has 0 amide bonds. The third-order valence-electron chi connectivity index (χ3n) is 13.6. The van der Waals surface area contributed by atoms with E-state index >= 15 is 0 Å². The first-order valence-corrected chi connectivity index (χ1v) is 22.8. The third-order valence-corrected chi connectivity index (χ3v) is 13.6. The van der Waals surface area contributed by atoms with Crippen LogP contribution in [0.2, 0.25) is 0 Å². The highest BCUT2D eigenvalue weighted by molar-refractivity contribution is 6.03. The number of hydrogen-bond acceptors (Lipinski definition) is 1. The lowest BCUT2D eigenvalue weighted by molar-refractivity contribution is 0.768. The highest BCUT2D eigenvalue weighted by Crippen LogP contribution is 2.58. The van der Waals surface area contributed by atoms with E-state index in [1.54, 1.807) is 0 Å². The van der Waals surface area contributed by atoms with Gasteiger partial charge in [-0.1, -0.05) is 243 Å². The minimum Gasteiger partial charge on any atom is -0.310 e. The second-order valence-corrected chi connectivity index (χ2v) is 17.1. The summed E-state index contributed by atoms with van der Waals surface area (Å²) in [7, 11) is 0. The minimum absolute atomic E-state index is 0.560. The van der Waals surface area contributed by atoms with Crippen LogP contribution in [0.5, 0.6) is 0 Å². The topological polar surface area (TPSA) is 3.24 Å². The van der Waals surface area contributed by atoms with Gasteiger partial charge in [0.15, 0.2) is 0 Å². The van der Waals surface area contributed by atoms with Gasteiger partial charge in [0.25, 0.3) is 0 Å². The van der Waals surface area contributed by atoms with Gasteiger partial charge in [-0.2, -0.15) is 0 Å². The average Bonchev–Trinajstić information content (AvgIpc) is 3.70. The van der Waals surface area contributed by atoms with Gasteiger partial charge in [0.2, 0.25) is 0 Å². The second-order valence-electron chi connectivity index (χ2n) is 17.1. The Balaban J connectivity index is 1.18. The van der Waals surface area contributed by atoms with Crippen LogP contribution < -0.4 is 4.90 Å². The molecule has 0 saturated heterocycles. The van der Waals surface area contributed by atoms with Gasteiger partial charge in [0.05, 0.1) is 11.1 Å². The molecule has 12 rings (SSSR count). The second kappa shape index (κ2) is 16.6. The Hall–Kier alpha value is -8.52. The Morgan fingerprint density at radius 3 is 1.48 bits per heavy atom. The van der Waals surface area contributed by atoms with Gasteiger partial charge in [0, 0.05) is 16.9 Å². The predicted molar refractivity (Wildman–Crippen MR) is 278 cm³/mol. The summed E-state index contributed by atoms with van der Waals surface area (Å²) < 4.78 is 0. The van der Waals surface area contributed by atoms with Crippen molar-refractivity contribution < 1.29 is 0 Å². The fourth-order valence-electron chi connectivity index (χ4n) is 10.7. The Kier molecular flexibility index (Phi) is 9.81. The van der Waals surface area contributed by atoms with Crippen molar-refractivity contribution in [2.75, 3.05) is 4.90 Å². The minimum atomic E-state index is -0.560. The van der Waals surface area contributed by atoms with Crippen molar-refractivity contribution in [1.29, 1.82) is 0 Å². The standard InChI is InChI=1S/C65H45N/c1-5-22-46(23-6-1)55-35-15-16-37-60(55)64-57(48-24-7-2-8-25-48)39-21-41-63(64)66(52-33-19-28-49(44-52)56-38-20-27-47-26-13-14-34-54(47)56)53-42-43-59-58-36-17-18-40-61(58)65(62(59)45-53,50-29-9-3-10-30-50)51-31-11-4-12-32-51/h1-45H. The van der Waals surface area contributed by atoms with Crippen LogP contribution in [0.1, 0.15) is 22.3 Å². The van der Waals surface area contributed by atoms with E-state index in [4.69, 9.17) is 0 Å². The summed E-state index contributed by atoms with van der Waals surface area (Å²) in [5.74, 6) is 0. The third kappa shape index (κ3) is 6.47. The molecule has 0 heterocycles. The number of fused-ring (bicyclic) bond motifs is 4. The smallest absolute Gasteiger partial charge is 0.0714 e. The van der Waals surface area contributed by atoms with Crippen LogP contribution in [0, 0.1) is 0 Å². The molecule has 0 radical (unpaired) electrons. The summed E-state index contributed by atoms with van der Waals surface area (Å²) in [6, 6.07) is 100. The van der Waals surface area contributed by atoms with Crippen molar-refractivity contribution in [2.24, 2.45) is 0 Å². The molecule has 1 nitrogen and oxygen atoms in total. The summed E-state index contributed by atoms with van der Waals surface area (Å²) in [5.41, 5.74) is 19.6. The average molecular weight is 840 g/mol. The van der Waals surface area contributed by atoms with Gasteiger partial charge in [-0.25, -0.2) is 0 Å². The van der Waals surface area contributed by atoms with Gasteiger partial charge >= 0.3 is 0 Å². The van der Waals surface area contributed by atoms with E-state index in [0.717, 1.165) is 22.6 Å². The van der Waals surface area contributed by atoms with E-state index in [1.165, 1.54) is 83.1 Å². The van der Waals surface area contributed by atoms with Crippen LogP contribution in [-0.4, -0.2) is 0 Å². The molecule has 0 aromatic heterocycles. The van der Waals surface area contributed by atoms with Crippen LogP contribution in [0.15, 0.2) is 273 Å². The van der Waals surface area contributed by atoms with Crippen molar-refractivity contribution in [3.63, 3.8) is 0 Å². The van der Waals surface area contributed by atoms with E-state index in [0.29, 0.717) is 0 Å². The molecular formula is C65H45N. The molecule has 11 aromatic rings. The normalized spacial score (nSPS) is 12.4. The Morgan fingerprint density at radius 2 is 0.758 bits per heavy atom. The summed E-state index contributed by atoms with van der Waals surface area (Å²) >= 11 is 0. The lowest BCUT2D eigenvalue weighted by Gasteiger charge is -2.35. The van der Waals surface area contributed by atoms with E-state index in [9.17, 15) is 0 Å². The van der Waals surface area contributed by atoms with Crippen LogP contribution in [-0.2, 0) is 5.41 Å². The van der Waals surface area contributed by atoms with E-state index in [2.05, 4.69) is 278 Å². The monoisotopic (exact) mass is 839 g/mol. The number of hydrogen-bond donors (Lipinski definition) is 0. The van der Waals surface area contributed by atoms with E-state index in [-0.39, 0.29) is 0 Å². The van der Waals surface area contributed by atoms with Gasteiger partial charge in [-0.15, -0.1) is 0 Å². The van der Waals surface area contributed by atoms with Crippen molar-refractivity contribution >= 4 is 27.8 Å². The zero-order valence-electron chi connectivity index (χ0n) is 36.4. The molecular weight excluding hydrogens is 795 g/mol. The van der Waals surface area contributed by atoms with Crippen molar-refractivity contribution in [2.45, 2.75) is 5.41 Å². The number of benzene rings is 11. The van der Waals surface area contributed by atoms with Crippen LogP contribution in [0.25, 0.3) is 66.4 Å². The molecule has 66 heavy (non-hydrogen) atoms. The maximum Gasteiger partial charge on any atom is 0.0714 e. The van der Waals surface area contributed by atoms with Crippen LogP contribution in [0.4, 0.5) is 17.1 Å². The molecule has 0 unspecified atom stereocenters. The lowest BCUT2D eigenvalue weighted by Crippen LogP contribution is -2.28. The molecule has 1 aliphatic rings. The Morgan fingerprint density at radius 1 is 0.273 bits per heavy atom. The molecule has 11 aromatic carbocycles. The lowest BCUT2D eigenvalue weighted by atomic mass is 9.67. The predicted octanol–water partition coefficient (Wildman–Crippen LogP) is 17.3. The molecule has 1 heteroatoms. The zero-order chi connectivity index (χ0) is 43.9. The number of anilines is 3. The highest BCUT2D eigenvalue weighted by Gasteiger charge is 2.46. The molecule has 0 aliphatic heterocycles. The van der Waals surface area contributed by atoms with Crippen molar-refractivity contribution in [3.05, 3.63) is 295 Å². The summed E-state index contributed by atoms with van der Waals surface area (Å²) in [5, 5.41) is 2.46. The molecule has 0 atom stereocenters. The molecule has 0 N–H and O–H groups in total. The summed E-state index contributed by atoms with van der Waals surface area (Å²) in [6.45, 7) is 0. The molecule has 0 bridgehead atoms. The van der Waals surface area contributed by atoms with Gasteiger partial charge in [-0.05, 0) is 113 Å². The van der Waals surface area contributed by atoms with Gasteiger partial charge in [0.1, 0.15) is 0 Å². The van der Waals surface area contributed by atoms with E-state index in [1.807, 2.05) is 0 Å². The molecule has 1 aliphatic carbocycles. The van der Waals surface area contributed by atoms with Gasteiger partial charge in [-0.3, -0.25) is 0 Å². The van der Waals surface area contributed by atoms with E-state index < -0.39 is 5.41 Å². The summed E-state index contributed by atoms with van der Waals surface area (Å²) in [6.07, 6.45) is 0. The van der Waals surface area contributed by atoms with Crippen molar-refractivity contribution in [3.8, 4) is 55.6 Å². The first-order valence-electron chi connectivity index (χ1n) is 22.8.